The quantitative estimate of drug-likeness (QED) is 0.741. The molecule has 0 aromatic rings. The Kier molecular flexibility index (Phi) is 4.94. The number of hydrogen-bond acceptors (Lipinski definition) is 2. The van der Waals surface area contributed by atoms with Crippen molar-refractivity contribution in [3.8, 4) is 0 Å². The summed E-state index contributed by atoms with van der Waals surface area (Å²) in [6.45, 7) is 4.11. The molecule has 0 spiro atoms. The van der Waals surface area contributed by atoms with Gasteiger partial charge in [-0.1, -0.05) is 19.3 Å². The summed E-state index contributed by atoms with van der Waals surface area (Å²) in [7, 11) is 0. The van der Waals surface area contributed by atoms with E-state index in [1.54, 1.807) is 0 Å². The summed E-state index contributed by atoms with van der Waals surface area (Å²) < 4.78 is 0. The standard InChI is InChI=1S/C11H22N2O/c1-2-13(9-8-12)11(14)10-6-4-3-5-7-10/h10H,2-9,12H2,1H3. The van der Waals surface area contributed by atoms with E-state index in [0.29, 0.717) is 19.0 Å². The summed E-state index contributed by atoms with van der Waals surface area (Å²) in [4.78, 5) is 13.9. The van der Waals surface area contributed by atoms with Gasteiger partial charge in [0.05, 0.1) is 0 Å². The first-order chi connectivity index (χ1) is 6.79. The maximum Gasteiger partial charge on any atom is 0.225 e. The second-order valence-corrected chi connectivity index (χ2v) is 4.04. The molecule has 2 N–H and O–H groups in total. The van der Waals surface area contributed by atoms with Crippen LogP contribution in [-0.4, -0.2) is 30.4 Å². The van der Waals surface area contributed by atoms with Gasteiger partial charge in [0.2, 0.25) is 5.91 Å². The molecule has 0 aromatic carbocycles. The Balaban J connectivity index is 2.43. The molecule has 0 aromatic heterocycles. The molecule has 1 rings (SSSR count). The molecule has 0 radical (unpaired) electrons. The smallest absolute Gasteiger partial charge is 0.225 e. The zero-order valence-corrected chi connectivity index (χ0v) is 9.17. The van der Waals surface area contributed by atoms with Crippen molar-refractivity contribution < 1.29 is 4.79 Å². The van der Waals surface area contributed by atoms with Crippen LogP contribution >= 0.6 is 0 Å². The van der Waals surface area contributed by atoms with Crippen molar-refractivity contribution in [1.82, 2.24) is 4.90 Å². The lowest BCUT2D eigenvalue weighted by atomic mass is 9.88. The van der Waals surface area contributed by atoms with Crippen molar-refractivity contribution in [2.75, 3.05) is 19.6 Å². The summed E-state index contributed by atoms with van der Waals surface area (Å²) in [6.07, 6.45) is 5.90. The van der Waals surface area contributed by atoms with Crippen LogP contribution in [0.1, 0.15) is 39.0 Å². The molecule has 0 heterocycles. The van der Waals surface area contributed by atoms with Crippen LogP contribution in [0.5, 0.6) is 0 Å². The zero-order chi connectivity index (χ0) is 10.4. The van der Waals surface area contributed by atoms with Crippen LogP contribution < -0.4 is 5.73 Å². The summed E-state index contributed by atoms with van der Waals surface area (Å²) in [6, 6.07) is 0. The predicted octanol–water partition coefficient (Wildman–Crippen LogP) is 1.37. The van der Waals surface area contributed by atoms with E-state index in [-0.39, 0.29) is 5.92 Å². The van der Waals surface area contributed by atoms with Gasteiger partial charge in [0, 0.05) is 25.6 Å². The lowest BCUT2D eigenvalue weighted by molar-refractivity contribution is -0.136. The fourth-order valence-corrected chi connectivity index (χ4v) is 2.19. The number of likely N-dealkylation sites (N-methyl/N-ethyl adjacent to an activating group) is 1. The number of nitrogens with zero attached hydrogens (tertiary/aromatic N) is 1. The minimum Gasteiger partial charge on any atom is -0.341 e. The third-order valence-electron chi connectivity index (χ3n) is 3.05. The van der Waals surface area contributed by atoms with E-state index in [1.807, 2.05) is 11.8 Å². The topological polar surface area (TPSA) is 46.3 Å². The van der Waals surface area contributed by atoms with E-state index in [1.165, 1.54) is 19.3 Å². The molecule has 0 atom stereocenters. The second kappa shape index (κ2) is 6.02. The molecule has 1 fully saturated rings. The highest BCUT2D eigenvalue weighted by Crippen LogP contribution is 2.25. The number of nitrogens with two attached hydrogens (primary N) is 1. The molecule has 1 amide bonds. The second-order valence-electron chi connectivity index (χ2n) is 4.04. The van der Waals surface area contributed by atoms with E-state index in [9.17, 15) is 4.79 Å². The number of carbonyl (C=O) groups is 1. The molecule has 0 saturated heterocycles. The third-order valence-corrected chi connectivity index (χ3v) is 3.05. The largest absolute Gasteiger partial charge is 0.341 e. The van der Waals surface area contributed by atoms with Crippen LogP contribution in [0.3, 0.4) is 0 Å². The average molecular weight is 198 g/mol. The van der Waals surface area contributed by atoms with Gasteiger partial charge < -0.3 is 10.6 Å². The third kappa shape index (κ3) is 2.98. The monoisotopic (exact) mass is 198 g/mol. The highest BCUT2D eigenvalue weighted by atomic mass is 16.2. The maximum absolute atomic E-state index is 12.0. The van der Waals surface area contributed by atoms with Crippen molar-refractivity contribution >= 4 is 5.91 Å². The lowest BCUT2D eigenvalue weighted by Gasteiger charge is -2.28. The summed E-state index contributed by atoms with van der Waals surface area (Å²) >= 11 is 0. The van der Waals surface area contributed by atoms with Crippen LogP contribution in [0.2, 0.25) is 0 Å². The Hall–Kier alpha value is -0.570. The summed E-state index contributed by atoms with van der Waals surface area (Å²) in [5.41, 5.74) is 5.48. The number of rotatable bonds is 4. The first kappa shape index (κ1) is 11.5. The molecule has 1 saturated carbocycles. The van der Waals surface area contributed by atoms with Crippen LogP contribution in [0.15, 0.2) is 0 Å². The van der Waals surface area contributed by atoms with Gasteiger partial charge in [-0.05, 0) is 19.8 Å². The molecule has 14 heavy (non-hydrogen) atoms. The first-order valence-electron chi connectivity index (χ1n) is 5.78. The van der Waals surface area contributed by atoms with Gasteiger partial charge in [-0.15, -0.1) is 0 Å². The normalized spacial score (nSPS) is 18.1. The van der Waals surface area contributed by atoms with Gasteiger partial charge in [-0.25, -0.2) is 0 Å². The Morgan fingerprint density at radius 2 is 2.00 bits per heavy atom. The fourth-order valence-electron chi connectivity index (χ4n) is 2.19. The van der Waals surface area contributed by atoms with Gasteiger partial charge in [0.1, 0.15) is 0 Å². The molecule has 0 unspecified atom stereocenters. The Labute approximate surface area is 86.6 Å². The molecule has 0 aliphatic heterocycles. The number of amides is 1. The predicted molar refractivity (Wildman–Crippen MR) is 57.9 cm³/mol. The van der Waals surface area contributed by atoms with Crippen LogP contribution in [0, 0.1) is 5.92 Å². The fraction of sp³-hybridized carbons (Fsp3) is 0.909. The van der Waals surface area contributed by atoms with Crippen molar-refractivity contribution in [2.45, 2.75) is 39.0 Å². The highest BCUT2D eigenvalue weighted by molar-refractivity contribution is 5.78. The molecule has 1 aliphatic carbocycles. The Morgan fingerprint density at radius 1 is 1.36 bits per heavy atom. The zero-order valence-electron chi connectivity index (χ0n) is 9.17. The van der Waals surface area contributed by atoms with Gasteiger partial charge in [0.25, 0.3) is 0 Å². The van der Waals surface area contributed by atoms with Crippen molar-refractivity contribution in [2.24, 2.45) is 11.7 Å². The molecular formula is C11H22N2O. The number of hydrogen-bond donors (Lipinski definition) is 1. The molecule has 82 valence electrons. The minimum absolute atomic E-state index is 0.287. The van der Waals surface area contributed by atoms with E-state index in [0.717, 1.165) is 19.4 Å². The van der Waals surface area contributed by atoms with E-state index in [2.05, 4.69) is 0 Å². The van der Waals surface area contributed by atoms with Gasteiger partial charge in [-0.3, -0.25) is 4.79 Å². The molecule has 3 heteroatoms. The maximum atomic E-state index is 12.0. The lowest BCUT2D eigenvalue weighted by Crippen LogP contribution is -2.39. The Bertz CT molecular complexity index is 169. The summed E-state index contributed by atoms with van der Waals surface area (Å²) in [5.74, 6) is 0.618. The van der Waals surface area contributed by atoms with Gasteiger partial charge >= 0.3 is 0 Å². The van der Waals surface area contributed by atoms with Crippen molar-refractivity contribution in [3.63, 3.8) is 0 Å². The van der Waals surface area contributed by atoms with Gasteiger partial charge in [0.15, 0.2) is 0 Å². The number of carbonyl (C=O) groups excluding carboxylic acids is 1. The van der Waals surface area contributed by atoms with Crippen LogP contribution in [0.4, 0.5) is 0 Å². The van der Waals surface area contributed by atoms with Gasteiger partial charge in [-0.2, -0.15) is 0 Å². The van der Waals surface area contributed by atoms with E-state index in [4.69, 9.17) is 5.73 Å². The first-order valence-corrected chi connectivity index (χ1v) is 5.78. The molecule has 0 bridgehead atoms. The Morgan fingerprint density at radius 3 is 2.50 bits per heavy atom. The van der Waals surface area contributed by atoms with Crippen LogP contribution in [0.25, 0.3) is 0 Å². The van der Waals surface area contributed by atoms with Crippen molar-refractivity contribution in [1.29, 1.82) is 0 Å². The molecule has 1 aliphatic rings. The van der Waals surface area contributed by atoms with E-state index >= 15 is 0 Å². The van der Waals surface area contributed by atoms with Crippen molar-refractivity contribution in [3.05, 3.63) is 0 Å². The summed E-state index contributed by atoms with van der Waals surface area (Å²) in [5, 5.41) is 0. The molecular weight excluding hydrogens is 176 g/mol. The van der Waals surface area contributed by atoms with Crippen LogP contribution in [-0.2, 0) is 4.79 Å². The molecule has 3 nitrogen and oxygen atoms in total. The van der Waals surface area contributed by atoms with E-state index < -0.39 is 0 Å². The minimum atomic E-state index is 0.287. The highest BCUT2D eigenvalue weighted by Gasteiger charge is 2.24. The average Bonchev–Trinajstić information content (AvgIpc) is 2.26. The SMILES string of the molecule is CCN(CCN)C(=O)C1CCCCC1.